The van der Waals surface area contributed by atoms with Crippen LogP contribution in [0.25, 0.3) is 0 Å². The molecule has 1 atom stereocenters. The number of piperidine rings is 2. The molecule has 1 aromatic heterocycles. The van der Waals surface area contributed by atoms with Crippen molar-refractivity contribution in [2.45, 2.75) is 37.3 Å². The quantitative estimate of drug-likeness (QED) is 0.831. The van der Waals surface area contributed by atoms with Crippen molar-refractivity contribution in [1.29, 1.82) is 0 Å². The first-order valence-corrected chi connectivity index (χ1v) is 9.97. The highest BCUT2D eigenvalue weighted by atomic mass is 16.3. The van der Waals surface area contributed by atoms with Gasteiger partial charge in [-0.05, 0) is 58.9 Å². The van der Waals surface area contributed by atoms with E-state index in [9.17, 15) is 5.11 Å². The first-order chi connectivity index (χ1) is 12.6. The molecule has 1 N–H and O–H groups in total. The van der Waals surface area contributed by atoms with E-state index < -0.39 is 0 Å². The minimum atomic E-state index is -0.242. The van der Waals surface area contributed by atoms with Gasteiger partial charge in [-0.3, -0.25) is 4.90 Å². The SMILES string of the molecule is CN1CCC2(CC1)CN(c1nccc(N3CCCC(O)C3)n1)CCN2C. The summed E-state index contributed by atoms with van der Waals surface area (Å²) in [5, 5.41) is 9.97. The molecule has 7 heteroatoms. The maximum Gasteiger partial charge on any atom is 0.227 e. The Morgan fingerprint density at radius 3 is 2.65 bits per heavy atom. The lowest BCUT2D eigenvalue weighted by Gasteiger charge is -2.52. The maximum absolute atomic E-state index is 9.97. The molecule has 4 heterocycles. The molecule has 3 saturated heterocycles. The molecule has 4 rings (SSSR count). The highest BCUT2D eigenvalue weighted by Gasteiger charge is 2.42. The fraction of sp³-hybridized carbons (Fsp3) is 0.789. The molecule has 0 aromatic carbocycles. The molecule has 3 aliphatic rings. The van der Waals surface area contributed by atoms with Gasteiger partial charge in [0.15, 0.2) is 0 Å². The minimum Gasteiger partial charge on any atom is -0.391 e. The average molecular weight is 361 g/mol. The van der Waals surface area contributed by atoms with Gasteiger partial charge in [0.2, 0.25) is 5.95 Å². The Morgan fingerprint density at radius 2 is 1.88 bits per heavy atom. The lowest BCUT2D eigenvalue weighted by atomic mass is 9.84. The minimum absolute atomic E-state index is 0.242. The topological polar surface area (TPSA) is 59.0 Å². The second kappa shape index (κ2) is 7.29. The van der Waals surface area contributed by atoms with Crippen molar-refractivity contribution in [2.24, 2.45) is 0 Å². The van der Waals surface area contributed by atoms with Crippen molar-refractivity contribution in [2.75, 3.05) is 69.7 Å². The largest absolute Gasteiger partial charge is 0.391 e. The van der Waals surface area contributed by atoms with Gasteiger partial charge >= 0.3 is 0 Å². The van der Waals surface area contributed by atoms with Crippen LogP contribution in [-0.4, -0.2) is 96.4 Å². The number of anilines is 2. The average Bonchev–Trinajstić information content (AvgIpc) is 2.66. The van der Waals surface area contributed by atoms with E-state index in [2.05, 4.69) is 38.7 Å². The van der Waals surface area contributed by atoms with Crippen molar-refractivity contribution in [1.82, 2.24) is 19.8 Å². The van der Waals surface area contributed by atoms with Crippen molar-refractivity contribution >= 4 is 11.8 Å². The molecule has 7 nitrogen and oxygen atoms in total. The summed E-state index contributed by atoms with van der Waals surface area (Å²) in [6, 6.07) is 1.98. The molecule has 1 aromatic rings. The summed E-state index contributed by atoms with van der Waals surface area (Å²) in [4.78, 5) is 19.0. The van der Waals surface area contributed by atoms with Crippen LogP contribution in [-0.2, 0) is 0 Å². The second-order valence-electron chi connectivity index (χ2n) is 8.33. The predicted molar refractivity (Wildman–Crippen MR) is 104 cm³/mol. The molecule has 0 bridgehead atoms. The van der Waals surface area contributed by atoms with Crippen molar-refractivity contribution in [3.63, 3.8) is 0 Å². The van der Waals surface area contributed by atoms with E-state index >= 15 is 0 Å². The normalized spacial score (nSPS) is 27.9. The van der Waals surface area contributed by atoms with Crippen LogP contribution in [0.3, 0.4) is 0 Å². The van der Waals surface area contributed by atoms with E-state index in [1.807, 2.05) is 12.3 Å². The van der Waals surface area contributed by atoms with Crippen LogP contribution in [0.1, 0.15) is 25.7 Å². The summed E-state index contributed by atoms with van der Waals surface area (Å²) in [6.45, 7) is 6.99. The molecule has 1 spiro atoms. The Bertz CT molecular complexity index is 618. The van der Waals surface area contributed by atoms with Crippen LogP contribution in [0.2, 0.25) is 0 Å². The van der Waals surface area contributed by atoms with E-state index in [0.717, 1.165) is 63.9 Å². The van der Waals surface area contributed by atoms with Crippen molar-refractivity contribution in [3.8, 4) is 0 Å². The second-order valence-corrected chi connectivity index (χ2v) is 8.33. The number of β-amino-alcohol motifs (C(OH)–C–C–N with tert-alkyl or cyclic N) is 1. The molecule has 0 saturated carbocycles. The monoisotopic (exact) mass is 360 g/mol. The van der Waals surface area contributed by atoms with Crippen molar-refractivity contribution in [3.05, 3.63) is 12.3 Å². The number of hydrogen-bond acceptors (Lipinski definition) is 7. The number of hydrogen-bond donors (Lipinski definition) is 1. The molecule has 3 fully saturated rings. The van der Waals surface area contributed by atoms with E-state index in [4.69, 9.17) is 4.98 Å². The van der Waals surface area contributed by atoms with Gasteiger partial charge < -0.3 is 19.8 Å². The number of aliphatic hydroxyl groups is 1. The highest BCUT2D eigenvalue weighted by molar-refractivity contribution is 5.45. The van der Waals surface area contributed by atoms with Crippen LogP contribution in [0.5, 0.6) is 0 Å². The van der Waals surface area contributed by atoms with E-state index in [-0.39, 0.29) is 11.6 Å². The first kappa shape index (κ1) is 17.9. The Morgan fingerprint density at radius 1 is 1.08 bits per heavy atom. The number of aromatic nitrogens is 2. The molecule has 0 aliphatic carbocycles. The van der Waals surface area contributed by atoms with Gasteiger partial charge in [0.05, 0.1) is 6.10 Å². The van der Waals surface area contributed by atoms with Crippen LogP contribution >= 0.6 is 0 Å². The molecule has 144 valence electrons. The van der Waals surface area contributed by atoms with Gasteiger partial charge in [0.1, 0.15) is 5.82 Å². The van der Waals surface area contributed by atoms with Crippen LogP contribution < -0.4 is 9.80 Å². The Hall–Kier alpha value is -1.44. The predicted octanol–water partition coefficient (Wildman–Crippen LogP) is 0.654. The Labute approximate surface area is 156 Å². The summed E-state index contributed by atoms with van der Waals surface area (Å²) < 4.78 is 0. The van der Waals surface area contributed by atoms with Crippen molar-refractivity contribution < 1.29 is 5.11 Å². The Balaban J connectivity index is 1.51. The fourth-order valence-corrected chi connectivity index (χ4v) is 4.64. The standard InChI is InChI=1S/C19H32N6O/c1-22-10-6-19(7-11-22)15-25(13-12-23(19)2)18-20-8-5-17(21-18)24-9-3-4-16(26)14-24/h5,8,16,26H,3-4,6-7,9-15H2,1-2H3. The first-order valence-electron chi connectivity index (χ1n) is 9.97. The summed E-state index contributed by atoms with van der Waals surface area (Å²) in [5.74, 6) is 1.79. The molecular weight excluding hydrogens is 328 g/mol. The smallest absolute Gasteiger partial charge is 0.227 e. The number of likely N-dealkylation sites (N-methyl/N-ethyl adjacent to an activating group) is 1. The van der Waals surface area contributed by atoms with Gasteiger partial charge in [0, 0.05) is 44.5 Å². The van der Waals surface area contributed by atoms with Crippen LogP contribution in [0.4, 0.5) is 11.8 Å². The van der Waals surface area contributed by atoms with Gasteiger partial charge in [0.25, 0.3) is 0 Å². The number of aliphatic hydroxyl groups excluding tert-OH is 1. The van der Waals surface area contributed by atoms with E-state index in [1.165, 1.54) is 12.8 Å². The van der Waals surface area contributed by atoms with Gasteiger partial charge in [-0.25, -0.2) is 4.98 Å². The third kappa shape index (κ3) is 3.52. The lowest BCUT2D eigenvalue weighted by Crippen LogP contribution is -2.64. The summed E-state index contributed by atoms with van der Waals surface area (Å²) in [5.41, 5.74) is 0.242. The fourth-order valence-electron chi connectivity index (χ4n) is 4.64. The molecule has 0 amide bonds. The summed E-state index contributed by atoms with van der Waals surface area (Å²) in [6.07, 6.45) is 5.95. The number of likely N-dealkylation sites (tertiary alicyclic amines) is 1. The molecular formula is C19H32N6O. The van der Waals surface area contributed by atoms with E-state index in [0.29, 0.717) is 6.54 Å². The van der Waals surface area contributed by atoms with Crippen LogP contribution in [0.15, 0.2) is 12.3 Å². The Kier molecular flexibility index (Phi) is 5.03. The maximum atomic E-state index is 9.97. The molecule has 3 aliphatic heterocycles. The summed E-state index contributed by atoms with van der Waals surface area (Å²) in [7, 11) is 4.49. The zero-order valence-electron chi connectivity index (χ0n) is 16.1. The summed E-state index contributed by atoms with van der Waals surface area (Å²) >= 11 is 0. The van der Waals surface area contributed by atoms with Gasteiger partial charge in [-0.2, -0.15) is 4.98 Å². The lowest BCUT2D eigenvalue weighted by molar-refractivity contribution is 0.0381. The zero-order chi connectivity index (χ0) is 18.1. The van der Waals surface area contributed by atoms with Crippen LogP contribution in [0, 0.1) is 0 Å². The number of piperazine rings is 1. The third-order valence-electron chi connectivity index (χ3n) is 6.55. The zero-order valence-corrected chi connectivity index (χ0v) is 16.1. The highest BCUT2D eigenvalue weighted by Crippen LogP contribution is 2.32. The molecule has 0 radical (unpaired) electrons. The van der Waals surface area contributed by atoms with Gasteiger partial charge in [-0.15, -0.1) is 0 Å². The number of nitrogens with zero attached hydrogens (tertiary/aromatic N) is 6. The van der Waals surface area contributed by atoms with Gasteiger partial charge in [-0.1, -0.05) is 0 Å². The van der Waals surface area contributed by atoms with E-state index in [1.54, 1.807) is 0 Å². The molecule has 26 heavy (non-hydrogen) atoms. The molecule has 1 unspecified atom stereocenters. The number of rotatable bonds is 2. The third-order valence-corrected chi connectivity index (χ3v) is 6.55.